The topological polar surface area (TPSA) is 41.1 Å². The Morgan fingerprint density at radius 1 is 1.15 bits per heavy atom. The van der Waals surface area contributed by atoms with Crippen LogP contribution in [0.15, 0.2) is 46.6 Å². The molecule has 0 radical (unpaired) electrons. The second-order valence-corrected chi connectivity index (χ2v) is 6.39. The first kappa shape index (κ1) is 13.2. The van der Waals surface area contributed by atoms with Gasteiger partial charge in [-0.05, 0) is 48.4 Å². The normalized spacial score (nSPS) is 19.1. The van der Waals surface area contributed by atoms with E-state index >= 15 is 0 Å². The molecule has 0 atom stereocenters. The highest BCUT2D eigenvalue weighted by atomic mass is 79.9. The minimum Gasteiger partial charge on any atom is -0.302 e. The van der Waals surface area contributed by atoms with E-state index in [0.717, 1.165) is 21.1 Å². The molecule has 1 amide bonds. The van der Waals surface area contributed by atoms with Crippen molar-refractivity contribution in [1.29, 1.82) is 0 Å². The summed E-state index contributed by atoms with van der Waals surface area (Å²) in [5.74, 6) is -0.00910. The summed E-state index contributed by atoms with van der Waals surface area (Å²) < 4.78 is 1.05. The lowest BCUT2D eigenvalue weighted by atomic mass is 9.88. The number of nitrogens with one attached hydrogen (secondary N) is 2. The lowest BCUT2D eigenvalue weighted by molar-refractivity contribution is -0.125. The van der Waals surface area contributed by atoms with Gasteiger partial charge in [0.05, 0.1) is 5.41 Å². The fourth-order valence-electron chi connectivity index (χ4n) is 2.33. The van der Waals surface area contributed by atoms with Crippen molar-refractivity contribution in [3.05, 3.63) is 52.1 Å². The van der Waals surface area contributed by atoms with E-state index in [0.29, 0.717) is 0 Å². The van der Waals surface area contributed by atoms with E-state index in [1.807, 2.05) is 32.1 Å². The molecule has 0 saturated carbocycles. The maximum absolute atomic E-state index is 11.8. The zero-order valence-electron chi connectivity index (χ0n) is 11.3. The monoisotopic (exact) mass is 330 g/mol. The standard InChI is InChI=1S/C16H15BrN2O/c1-16(2)14(18-19-15(16)20)8-11-5-3-4-10-6-7-12(17)9-13(10)11/h3-9,18H,1-2H3,(H,19,20)/b14-8-. The van der Waals surface area contributed by atoms with Gasteiger partial charge in [-0.3, -0.25) is 10.2 Å². The van der Waals surface area contributed by atoms with E-state index in [2.05, 4.69) is 51.0 Å². The summed E-state index contributed by atoms with van der Waals surface area (Å²) in [4.78, 5) is 11.8. The van der Waals surface area contributed by atoms with Crippen LogP contribution in [0.2, 0.25) is 0 Å². The lowest BCUT2D eigenvalue weighted by Gasteiger charge is -2.14. The zero-order chi connectivity index (χ0) is 14.3. The van der Waals surface area contributed by atoms with Gasteiger partial charge >= 0.3 is 0 Å². The third-order valence-electron chi connectivity index (χ3n) is 3.73. The molecular weight excluding hydrogens is 316 g/mol. The van der Waals surface area contributed by atoms with Crippen molar-refractivity contribution < 1.29 is 4.79 Å². The molecule has 0 bridgehead atoms. The number of fused-ring (bicyclic) bond motifs is 1. The van der Waals surface area contributed by atoms with Gasteiger partial charge in [0.15, 0.2) is 0 Å². The Labute approximate surface area is 126 Å². The van der Waals surface area contributed by atoms with E-state index in [9.17, 15) is 4.79 Å². The van der Waals surface area contributed by atoms with Gasteiger partial charge in [-0.25, -0.2) is 0 Å². The molecule has 2 aromatic rings. The molecule has 0 aliphatic carbocycles. The summed E-state index contributed by atoms with van der Waals surface area (Å²) in [5.41, 5.74) is 7.09. The number of carbonyl (C=O) groups is 1. The van der Waals surface area contributed by atoms with Crippen LogP contribution in [-0.4, -0.2) is 5.91 Å². The molecular formula is C16H15BrN2O. The number of rotatable bonds is 1. The molecule has 102 valence electrons. The Morgan fingerprint density at radius 2 is 1.95 bits per heavy atom. The van der Waals surface area contributed by atoms with Crippen molar-refractivity contribution in [1.82, 2.24) is 10.9 Å². The second-order valence-electron chi connectivity index (χ2n) is 5.47. The van der Waals surface area contributed by atoms with Gasteiger partial charge in [0, 0.05) is 10.2 Å². The number of carbonyl (C=O) groups excluding carboxylic acids is 1. The third-order valence-corrected chi connectivity index (χ3v) is 4.22. The van der Waals surface area contributed by atoms with Crippen molar-refractivity contribution in [2.45, 2.75) is 13.8 Å². The van der Waals surface area contributed by atoms with Crippen LogP contribution in [0.5, 0.6) is 0 Å². The zero-order valence-corrected chi connectivity index (χ0v) is 12.9. The Bertz CT molecular complexity index is 734. The number of hydrogen-bond donors (Lipinski definition) is 2. The molecule has 1 heterocycles. The Balaban J connectivity index is 2.16. The number of hydrazine groups is 1. The Kier molecular flexibility index (Phi) is 3.05. The smallest absolute Gasteiger partial charge is 0.249 e. The molecule has 0 aromatic heterocycles. The molecule has 0 unspecified atom stereocenters. The molecule has 1 aliphatic rings. The van der Waals surface area contributed by atoms with E-state index in [4.69, 9.17) is 0 Å². The van der Waals surface area contributed by atoms with Crippen molar-refractivity contribution in [3.8, 4) is 0 Å². The highest BCUT2D eigenvalue weighted by Crippen LogP contribution is 2.31. The molecule has 3 nitrogen and oxygen atoms in total. The van der Waals surface area contributed by atoms with E-state index in [1.165, 1.54) is 5.39 Å². The first-order valence-electron chi connectivity index (χ1n) is 6.45. The average molecular weight is 331 g/mol. The van der Waals surface area contributed by atoms with Crippen molar-refractivity contribution in [2.24, 2.45) is 5.41 Å². The van der Waals surface area contributed by atoms with Gasteiger partial charge in [-0.2, -0.15) is 0 Å². The number of benzene rings is 2. The van der Waals surface area contributed by atoms with Crippen LogP contribution in [0.25, 0.3) is 16.8 Å². The molecule has 20 heavy (non-hydrogen) atoms. The van der Waals surface area contributed by atoms with Gasteiger partial charge in [-0.15, -0.1) is 0 Å². The second kappa shape index (κ2) is 4.63. The quantitative estimate of drug-likeness (QED) is 0.838. The largest absolute Gasteiger partial charge is 0.302 e. The van der Waals surface area contributed by atoms with Crippen LogP contribution >= 0.6 is 15.9 Å². The molecule has 3 rings (SSSR count). The van der Waals surface area contributed by atoms with Crippen molar-refractivity contribution in [2.75, 3.05) is 0 Å². The van der Waals surface area contributed by atoms with Gasteiger partial charge in [0.1, 0.15) is 0 Å². The molecule has 4 heteroatoms. The highest BCUT2D eigenvalue weighted by Gasteiger charge is 2.37. The number of halogens is 1. The summed E-state index contributed by atoms with van der Waals surface area (Å²) >= 11 is 3.51. The minimum atomic E-state index is -0.534. The summed E-state index contributed by atoms with van der Waals surface area (Å²) in [6.07, 6.45) is 2.03. The summed E-state index contributed by atoms with van der Waals surface area (Å²) in [5, 5.41) is 2.34. The minimum absolute atomic E-state index is 0.00910. The van der Waals surface area contributed by atoms with Crippen LogP contribution in [-0.2, 0) is 4.79 Å². The molecule has 2 aromatic carbocycles. The van der Waals surface area contributed by atoms with E-state index < -0.39 is 5.41 Å². The average Bonchev–Trinajstić information content (AvgIpc) is 2.66. The predicted octanol–water partition coefficient (Wildman–Crippen LogP) is 3.60. The van der Waals surface area contributed by atoms with Crippen LogP contribution in [0, 0.1) is 5.41 Å². The first-order valence-corrected chi connectivity index (χ1v) is 7.25. The molecule has 2 N–H and O–H groups in total. The SMILES string of the molecule is CC1(C)C(=O)NN/C1=C\c1cccc2ccc(Br)cc12. The van der Waals surface area contributed by atoms with Crippen molar-refractivity contribution in [3.63, 3.8) is 0 Å². The fraction of sp³-hybridized carbons (Fsp3) is 0.188. The Morgan fingerprint density at radius 3 is 2.65 bits per heavy atom. The summed E-state index contributed by atoms with van der Waals surface area (Å²) in [6, 6.07) is 12.4. The maximum atomic E-state index is 11.8. The van der Waals surface area contributed by atoms with E-state index in [1.54, 1.807) is 0 Å². The van der Waals surface area contributed by atoms with Gasteiger partial charge in [0.2, 0.25) is 5.91 Å². The van der Waals surface area contributed by atoms with Crippen LogP contribution in [0.1, 0.15) is 19.4 Å². The predicted molar refractivity (Wildman–Crippen MR) is 84.7 cm³/mol. The van der Waals surface area contributed by atoms with Crippen LogP contribution in [0.3, 0.4) is 0 Å². The molecule has 1 fully saturated rings. The molecule has 1 aliphatic heterocycles. The number of hydrogen-bond acceptors (Lipinski definition) is 2. The van der Waals surface area contributed by atoms with Gasteiger partial charge < -0.3 is 5.43 Å². The Hall–Kier alpha value is -1.81. The van der Waals surface area contributed by atoms with Crippen molar-refractivity contribution >= 4 is 38.7 Å². The number of amides is 1. The summed E-state index contributed by atoms with van der Waals surface area (Å²) in [7, 11) is 0. The molecule has 0 spiro atoms. The third kappa shape index (κ3) is 2.10. The first-order chi connectivity index (χ1) is 9.48. The van der Waals surface area contributed by atoms with Crippen LogP contribution in [0.4, 0.5) is 0 Å². The fourth-order valence-corrected chi connectivity index (χ4v) is 2.69. The van der Waals surface area contributed by atoms with Gasteiger partial charge in [0.25, 0.3) is 0 Å². The summed E-state index contributed by atoms with van der Waals surface area (Å²) in [6.45, 7) is 3.82. The maximum Gasteiger partial charge on any atom is 0.249 e. The molecule has 1 saturated heterocycles. The lowest BCUT2D eigenvalue weighted by Crippen LogP contribution is -2.28. The highest BCUT2D eigenvalue weighted by molar-refractivity contribution is 9.10. The van der Waals surface area contributed by atoms with E-state index in [-0.39, 0.29) is 5.91 Å². The van der Waals surface area contributed by atoms with Gasteiger partial charge in [-0.1, -0.05) is 40.2 Å². The van der Waals surface area contributed by atoms with Crippen LogP contribution < -0.4 is 10.9 Å².